The van der Waals surface area contributed by atoms with Crippen LogP contribution in [-0.4, -0.2) is 70.6 Å². The highest BCUT2D eigenvalue weighted by Gasteiger charge is 2.40. The van der Waals surface area contributed by atoms with Crippen molar-refractivity contribution in [3.63, 3.8) is 0 Å². The first kappa shape index (κ1) is 28.6. The number of ether oxygens (including phenoxy) is 1. The molecule has 0 radical (unpaired) electrons. The van der Waals surface area contributed by atoms with Crippen molar-refractivity contribution in [1.29, 1.82) is 0 Å². The molecule has 3 N–H and O–H groups in total. The van der Waals surface area contributed by atoms with Crippen molar-refractivity contribution in [3.8, 4) is 5.75 Å². The Kier molecular flexibility index (Phi) is 9.64. The third kappa shape index (κ3) is 7.06. The zero-order valence-corrected chi connectivity index (χ0v) is 21.5. The van der Waals surface area contributed by atoms with E-state index in [-0.39, 0.29) is 42.6 Å². The second-order valence-electron chi connectivity index (χ2n) is 9.65. The average Bonchev–Trinajstić information content (AvgIpc) is 3.20. The Bertz CT molecular complexity index is 1100. The van der Waals surface area contributed by atoms with E-state index in [1.165, 1.54) is 5.56 Å². The lowest BCUT2D eigenvalue weighted by atomic mass is 9.87. The van der Waals surface area contributed by atoms with Gasteiger partial charge in [-0.1, -0.05) is 42.0 Å². The second-order valence-corrected chi connectivity index (χ2v) is 9.65. The van der Waals surface area contributed by atoms with E-state index >= 15 is 4.39 Å². The van der Waals surface area contributed by atoms with Gasteiger partial charge in [-0.25, -0.2) is 4.39 Å². The fourth-order valence-corrected chi connectivity index (χ4v) is 4.94. The van der Waals surface area contributed by atoms with Gasteiger partial charge < -0.3 is 20.5 Å². The lowest BCUT2D eigenvalue weighted by molar-refractivity contribution is -0.143. The number of esters is 1. The minimum atomic E-state index is -1.32. The molecule has 2 fully saturated rings. The average molecular weight is 534 g/mol. The normalized spacial score (nSPS) is 22.8. The summed E-state index contributed by atoms with van der Waals surface area (Å²) < 4.78 is 20.4. The van der Waals surface area contributed by atoms with Gasteiger partial charge >= 0.3 is 11.9 Å². The zero-order valence-electron chi connectivity index (χ0n) is 20.7. The summed E-state index contributed by atoms with van der Waals surface area (Å²) in [6, 6.07) is 13.1. The molecule has 2 aliphatic heterocycles. The number of alkyl halides is 1. The van der Waals surface area contributed by atoms with Crippen LogP contribution in [0.3, 0.4) is 0 Å². The summed E-state index contributed by atoms with van der Waals surface area (Å²) in [5, 5.41) is 8.79. The Hall–Kier alpha value is -3.01. The number of halogens is 2. The molecule has 2 aromatic carbocycles. The molecule has 2 heterocycles. The highest BCUT2D eigenvalue weighted by molar-refractivity contribution is 5.85. The molecule has 0 spiro atoms. The Morgan fingerprint density at radius 3 is 2.41 bits per heavy atom. The van der Waals surface area contributed by atoms with Gasteiger partial charge in [0.05, 0.1) is 12.5 Å². The number of hydrogen-bond donors (Lipinski definition) is 2. The number of piperidine rings is 1. The topological polar surface area (TPSA) is 113 Å². The number of carbonyl (C=O) groups is 3. The van der Waals surface area contributed by atoms with E-state index < -0.39 is 30.6 Å². The number of amides is 1. The zero-order chi connectivity index (χ0) is 25.8. The summed E-state index contributed by atoms with van der Waals surface area (Å²) in [4.78, 5) is 39.5. The van der Waals surface area contributed by atoms with E-state index in [1.807, 2.05) is 41.0 Å². The van der Waals surface area contributed by atoms with Crippen LogP contribution in [0.4, 0.5) is 4.39 Å². The van der Waals surface area contributed by atoms with Gasteiger partial charge in [-0.3, -0.25) is 19.3 Å². The van der Waals surface area contributed by atoms with Crippen LogP contribution in [-0.2, 0) is 20.9 Å². The molecular formula is C27H33ClFN3O5. The van der Waals surface area contributed by atoms with Crippen molar-refractivity contribution in [2.75, 3.05) is 19.6 Å². The molecule has 0 saturated carbocycles. The standard InChI is InChI=1S/C27H32FN3O5.ClH/c1-17-2-4-18(5-3-17)15-31-13-11-24(26(31)33)30-12-10-21(22(28)16-30)19-6-8-20(9-7-19)36-25(32)14-23(29)27(34)35;/h2-9,21-24H,10-16,29H2,1H3,(H,34,35);1H/t21-,22+,23-,24+;/m0./s1. The first-order chi connectivity index (χ1) is 17.2. The smallest absolute Gasteiger partial charge is 0.321 e. The third-order valence-electron chi connectivity index (χ3n) is 7.02. The Morgan fingerprint density at radius 1 is 1.11 bits per heavy atom. The molecule has 1 amide bonds. The molecule has 2 aromatic rings. The molecule has 2 aliphatic rings. The first-order valence-electron chi connectivity index (χ1n) is 12.2. The van der Waals surface area contributed by atoms with Crippen LogP contribution in [0.2, 0.25) is 0 Å². The minimum absolute atomic E-state index is 0. The van der Waals surface area contributed by atoms with Gasteiger partial charge in [-0.15, -0.1) is 12.4 Å². The SMILES string of the molecule is Cc1ccc(CN2CC[C@@H](N3CC[C@@H](c4ccc(OC(=O)C[C@H](N)C(=O)O)cc4)[C@H](F)C3)C2=O)cc1.Cl. The number of hydrogen-bond acceptors (Lipinski definition) is 6. The summed E-state index contributed by atoms with van der Waals surface area (Å²) in [5.74, 6) is -2.02. The van der Waals surface area contributed by atoms with Gasteiger partial charge in [0.2, 0.25) is 5.91 Å². The van der Waals surface area contributed by atoms with Crippen LogP contribution in [0.25, 0.3) is 0 Å². The number of carboxylic acid groups (broad SMARTS) is 1. The number of carbonyl (C=O) groups excluding carboxylic acids is 2. The fraction of sp³-hybridized carbons (Fsp3) is 0.444. The van der Waals surface area contributed by atoms with Gasteiger partial charge in [-0.05, 0) is 49.6 Å². The largest absolute Gasteiger partial charge is 0.480 e. The van der Waals surface area contributed by atoms with Crippen molar-refractivity contribution in [2.24, 2.45) is 5.73 Å². The van der Waals surface area contributed by atoms with Gasteiger partial charge in [-0.2, -0.15) is 0 Å². The van der Waals surface area contributed by atoms with E-state index in [0.717, 1.165) is 11.1 Å². The molecule has 2 saturated heterocycles. The van der Waals surface area contributed by atoms with Crippen LogP contribution in [0, 0.1) is 6.92 Å². The quantitative estimate of drug-likeness (QED) is 0.396. The Balaban J connectivity index is 0.00000380. The van der Waals surface area contributed by atoms with Gasteiger partial charge in [0.1, 0.15) is 18.0 Å². The van der Waals surface area contributed by atoms with Crippen LogP contribution in [0.5, 0.6) is 5.75 Å². The fourth-order valence-electron chi connectivity index (χ4n) is 4.94. The van der Waals surface area contributed by atoms with Crippen LogP contribution >= 0.6 is 12.4 Å². The van der Waals surface area contributed by atoms with Crippen LogP contribution in [0.15, 0.2) is 48.5 Å². The number of rotatable bonds is 8. The van der Waals surface area contributed by atoms with Gasteiger partial charge in [0, 0.05) is 25.6 Å². The molecule has 0 unspecified atom stereocenters. The van der Waals surface area contributed by atoms with E-state index in [4.69, 9.17) is 15.6 Å². The molecule has 8 nitrogen and oxygen atoms in total. The van der Waals surface area contributed by atoms with Crippen molar-refractivity contribution in [2.45, 2.75) is 56.9 Å². The Morgan fingerprint density at radius 2 is 1.78 bits per heavy atom. The number of benzene rings is 2. The number of aliphatic carboxylic acids is 1. The number of likely N-dealkylation sites (tertiary alicyclic amines) is 2. The lowest BCUT2D eigenvalue weighted by Gasteiger charge is -2.37. The van der Waals surface area contributed by atoms with E-state index in [9.17, 15) is 14.4 Å². The van der Waals surface area contributed by atoms with E-state index in [2.05, 4.69) is 0 Å². The maximum atomic E-state index is 15.3. The maximum Gasteiger partial charge on any atom is 0.321 e. The van der Waals surface area contributed by atoms with Crippen molar-refractivity contribution in [3.05, 3.63) is 65.2 Å². The van der Waals surface area contributed by atoms with E-state index in [0.29, 0.717) is 32.5 Å². The predicted molar refractivity (Wildman–Crippen MR) is 138 cm³/mol. The molecule has 200 valence electrons. The van der Waals surface area contributed by atoms with Crippen molar-refractivity contribution < 1.29 is 28.6 Å². The summed E-state index contributed by atoms with van der Waals surface area (Å²) >= 11 is 0. The molecule has 4 rings (SSSR count). The Labute approximate surface area is 222 Å². The van der Waals surface area contributed by atoms with Crippen molar-refractivity contribution >= 4 is 30.3 Å². The van der Waals surface area contributed by atoms with Gasteiger partial charge in [0.15, 0.2) is 0 Å². The third-order valence-corrected chi connectivity index (χ3v) is 7.02. The predicted octanol–water partition coefficient (Wildman–Crippen LogP) is 3.05. The monoisotopic (exact) mass is 533 g/mol. The van der Waals surface area contributed by atoms with Gasteiger partial charge in [0.25, 0.3) is 0 Å². The van der Waals surface area contributed by atoms with Crippen molar-refractivity contribution in [1.82, 2.24) is 9.80 Å². The molecule has 0 aliphatic carbocycles. The first-order valence-corrected chi connectivity index (χ1v) is 12.2. The summed E-state index contributed by atoms with van der Waals surface area (Å²) in [6.45, 7) is 4.10. The lowest BCUT2D eigenvalue weighted by Crippen LogP contribution is -2.49. The molecular weight excluding hydrogens is 501 g/mol. The highest BCUT2D eigenvalue weighted by Crippen LogP contribution is 2.34. The summed E-state index contributed by atoms with van der Waals surface area (Å²) in [6.07, 6.45) is -0.284. The number of aryl methyl sites for hydroxylation is 1. The maximum absolute atomic E-state index is 15.3. The second kappa shape index (κ2) is 12.5. The highest BCUT2D eigenvalue weighted by atomic mass is 35.5. The molecule has 37 heavy (non-hydrogen) atoms. The molecule has 10 heteroatoms. The summed E-state index contributed by atoms with van der Waals surface area (Å²) in [5.41, 5.74) is 8.42. The summed E-state index contributed by atoms with van der Waals surface area (Å²) in [7, 11) is 0. The van der Waals surface area contributed by atoms with Crippen LogP contribution in [0.1, 0.15) is 41.9 Å². The molecule has 4 atom stereocenters. The van der Waals surface area contributed by atoms with Crippen LogP contribution < -0.4 is 10.5 Å². The van der Waals surface area contributed by atoms with E-state index in [1.54, 1.807) is 24.3 Å². The molecule has 0 bridgehead atoms. The number of carboxylic acids is 1. The minimum Gasteiger partial charge on any atom is -0.480 e. The molecule has 0 aromatic heterocycles. The number of nitrogens with two attached hydrogens (primary N) is 1. The number of nitrogens with zero attached hydrogens (tertiary/aromatic N) is 2.